The Balaban J connectivity index is 2.02. The van der Waals surface area contributed by atoms with Gasteiger partial charge in [0.1, 0.15) is 5.54 Å². The predicted molar refractivity (Wildman–Crippen MR) is 131 cm³/mol. The highest BCUT2D eigenvalue weighted by molar-refractivity contribution is 6.01. The molecule has 0 saturated carbocycles. The van der Waals surface area contributed by atoms with Crippen LogP contribution in [0.1, 0.15) is 34.5 Å². The van der Waals surface area contributed by atoms with Crippen molar-refractivity contribution < 1.29 is 19.1 Å². The summed E-state index contributed by atoms with van der Waals surface area (Å²) in [6.07, 6.45) is 2.70. The highest BCUT2D eigenvalue weighted by atomic mass is 16.5. The Labute approximate surface area is 199 Å². The largest absolute Gasteiger partial charge is 0.466 e. The molecule has 0 spiro atoms. The molecule has 2 amide bonds. The van der Waals surface area contributed by atoms with Gasteiger partial charge in [0, 0.05) is 18.1 Å². The Morgan fingerprint density at radius 1 is 0.882 bits per heavy atom. The summed E-state index contributed by atoms with van der Waals surface area (Å²) in [6, 6.07) is 27.1. The standard InChI is InChI=1S/C28H28N2O4/c1-21(23-14-8-4-9-15-23)29-27(33)28(19-18-25(31)34-2,20-22-12-6-3-7-13-22)30-26(32)24-16-10-5-11-17-24/h3-19,21H,20H2,1-2H3,(H,29,33)(H,30,32)/b19-18+/t21-,28-/m1/s1. The molecule has 174 valence electrons. The second kappa shape index (κ2) is 11.6. The van der Waals surface area contributed by atoms with Crippen LogP contribution < -0.4 is 10.6 Å². The first kappa shape index (κ1) is 24.5. The SMILES string of the molecule is COC(=O)/C=C/[C@](Cc1ccccc1)(NC(=O)c1ccccc1)C(=O)N[C@H](C)c1ccccc1. The molecule has 0 fully saturated rings. The predicted octanol–water partition coefficient (Wildman–Crippen LogP) is 4.00. The van der Waals surface area contributed by atoms with Gasteiger partial charge in [-0.2, -0.15) is 0 Å². The van der Waals surface area contributed by atoms with Crippen LogP contribution in [-0.4, -0.2) is 30.4 Å². The van der Waals surface area contributed by atoms with Crippen molar-refractivity contribution in [3.63, 3.8) is 0 Å². The van der Waals surface area contributed by atoms with E-state index < -0.39 is 23.3 Å². The van der Waals surface area contributed by atoms with E-state index in [-0.39, 0.29) is 12.5 Å². The fourth-order valence-electron chi connectivity index (χ4n) is 3.57. The molecule has 0 saturated heterocycles. The van der Waals surface area contributed by atoms with E-state index in [0.29, 0.717) is 5.56 Å². The highest BCUT2D eigenvalue weighted by Crippen LogP contribution is 2.21. The van der Waals surface area contributed by atoms with Gasteiger partial charge in [-0.1, -0.05) is 78.9 Å². The van der Waals surface area contributed by atoms with Crippen LogP contribution in [0, 0.1) is 0 Å². The van der Waals surface area contributed by atoms with E-state index in [9.17, 15) is 14.4 Å². The zero-order valence-corrected chi connectivity index (χ0v) is 19.2. The number of benzene rings is 3. The average Bonchev–Trinajstić information content (AvgIpc) is 2.88. The Morgan fingerprint density at radius 2 is 1.44 bits per heavy atom. The number of hydrogen-bond donors (Lipinski definition) is 2. The summed E-state index contributed by atoms with van der Waals surface area (Å²) >= 11 is 0. The minimum absolute atomic E-state index is 0.132. The van der Waals surface area contributed by atoms with Gasteiger partial charge in [-0.05, 0) is 36.3 Å². The zero-order chi connectivity index (χ0) is 24.4. The number of nitrogens with one attached hydrogen (secondary N) is 2. The third-order valence-electron chi connectivity index (χ3n) is 5.46. The summed E-state index contributed by atoms with van der Waals surface area (Å²) in [5, 5.41) is 5.88. The maximum Gasteiger partial charge on any atom is 0.330 e. The van der Waals surface area contributed by atoms with Crippen LogP contribution in [0.25, 0.3) is 0 Å². The lowest BCUT2D eigenvalue weighted by atomic mass is 9.87. The molecule has 2 atom stereocenters. The Hall–Kier alpha value is -4.19. The fraction of sp³-hybridized carbons (Fsp3) is 0.179. The van der Waals surface area contributed by atoms with E-state index in [1.807, 2.05) is 67.6 Å². The lowest BCUT2D eigenvalue weighted by molar-refractivity contribution is -0.134. The fourth-order valence-corrected chi connectivity index (χ4v) is 3.57. The molecule has 0 unspecified atom stereocenters. The highest BCUT2D eigenvalue weighted by Gasteiger charge is 2.39. The van der Waals surface area contributed by atoms with Crippen LogP contribution in [0.2, 0.25) is 0 Å². The van der Waals surface area contributed by atoms with Crippen molar-refractivity contribution in [1.82, 2.24) is 10.6 Å². The molecule has 6 heteroatoms. The molecule has 0 aromatic heterocycles. The normalized spacial score (nSPS) is 13.5. The molecule has 0 aliphatic rings. The molecule has 3 aromatic carbocycles. The van der Waals surface area contributed by atoms with E-state index in [4.69, 9.17) is 4.74 Å². The Morgan fingerprint density at radius 3 is 2.03 bits per heavy atom. The lowest BCUT2D eigenvalue weighted by Gasteiger charge is -2.32. The number of carbonyl (C=O) groups is 3. The molecule has 3 aromatic rings. The number of ether oxygens (including phenoxy) is 1. The van der Waals surface area contributed by atoms with E-state index in [1.54, 1.807) is 30.3 Å². The number of amides is 2. The summed E-state index contributed by atoms with van der Waals surface area (Å²) in [4.78, 5) is 39.0. The van der Waals surface area contributed by atoms with E-state index in [2.05, 4.69) is 10.6 Å². The van der Waals surface area contributed by atoms with Crippen molar-refractivity contribution in [2.45, 2.75) is 24.9 Å². The van der Waals surface area contributed by atoms with Gasteiger partial charge in [-0.15, -0.1) is 0 Å². The monoisotopic (exact) mass is 456 g/mol. The Bertz CT molecular complexity index is 1130. The van der Waals surface area contributed by atoms with Crippen molar-refractivity contribution in [3.05, 3.63) is 120 Å². The topological polar surface area (TPSA) is 84.5 Å². The van der Waals surface area contributed by atoms with Gasteiger partial charge in [0.05, 0.1) is 13.2 Å². The maximum absolute atomic E-state index is 13.8. The van der Waals surface area contributed by atoms with E-state index in [0.717, 1.165) is 11.1 Å². The molecule has 0 aliphatic carbocycles. The number of carbonyl (C=O) groups excluding carboxylic acids is 3. The summed E-state index contributed by atoms with van der Waals surface area (Å²) in [7, 11) is 1.26. The first-order valence-electron chi connectivity index (χ1n) is 11.0. The van der Waals surface area contributed by atoms with Crippen LogP contribution in [0.3, 0.4) is 0 Å². The maximum atomic E-state index is 13.8. The van der Waals surface area contributed by atoms with Crippen LogP contribution in [0.15, 0.2) is 103 Å². The molecule has 0 bridgehead atoms. The molecule has 0 aliphatic heterocycles. The van der Waals surface area contributed by atoms with Gasteiger partial charge in [0.25, 0.3) is 11.8 Å². The van der Waals surface area contributed by atoms with Gasteiger partial charge in [0.2, 0.25) is 0 Å². The van der Waals surface area contributed by atoms with Crippen molar-refractivity contribution in [1.29, 1.82) is 0 Å². The third kappa shape index (κ3) is 6.42. The second-order valence-corrected chi connectivity index (χ2v) is 7.92. The molecule has 6 nitrogen and oxygen atoms in total. The summed E-state index contributed by atoms with van der Waals surface area (Å²) < 4.78 is 4.75. The number of rotatable bonds is 9. The first-order chi connectivity index (χ1) is 16.4. The van der Waals surface area contributed by atoms with Crippen LogP contribution in [0.5, 0.6) is 0 Å². The minimum atomic E-state index is -1.55. The van der Waals surface area contributed by atoms with Gasteiger partial charge in [0.15, 0.2) is 0 Å². The van der Waals surface area contributed by atoms with Crippen molar-refractivity contribution in [2.75, 3.05) is 7.11 Å². The van der Waals surface area contributed by atoms with Crippen molar-refractivity contribution >= 4 is 17.8 Å². The second-order valence-electron chi connectivity index (χ2n) is 7.92. The lowest BCUT2D eigenvalue weighted by Crippen LogP contribution is -2.59. The first-order valence-corrected chi connectivity index (χ1v) is 11.0. The van der Waals surface area contributed by atoms with Crippen LogP contribution in [-0.2, 0) is 20.7 Å². The summed E-state index contributed by atoms with van der Waals surface area (Å²) in [5.74, 6) is -1.51. The Kier molecular flexibility index (Phi) is 8.35. The average molecular weight is 457 g/mol. The number of methoxy groups -OCH3 is 1. The summed E-state index contributed by atoms with van der Waals surface area (Å²) in [5.41, 5.74) is 0.574. The quantitative estimate of drug-likeness (QED) is 0.377. The molecule has 0 heterocycles. The molecule has 34 heavy (non-hydrogen) atoms. The zero-order valence-electron chi connectivity index (χ0n) is 19.2. The smallest absolute Gasteiger partial charge is 0.330 e. The molecular weight excluding hydrogens is 428 g/mol. The van der Waals surface area contributed by atoms with Gasteiger partial charge < -0.3 is 15.4 Å². The molecule has 2 N–H and O–H groups in total. The number of hydrogen-bond acceptors (Lipinski definition) is 4. The molecular formula is C28H28N2O4. The van der Waals surface area contributed by atoms with Gasteiger partial charge in [-0.3, -0.25) is 9.59 Å². The third-order valence-corrected chi connectivity index (χ3v) is 5.46. The minimum Gasteiger partial charge on any atom is -0.466 e. The van der Waals surface area contributed by atoms with Gasteiger partial charge in [-0.25, -0.2) is 4.79 Å². The van der Waals surface area contributed by atoms with Crippen LogP contribution in [0.4, 0.5) is 0 Å². The summed E-state index contributed by atoms with van der Waals surface area (Å²) in [6.45, 7) is 1.86. The van der Waals surface area contributed by atoms with E-state index >= 15 is 0 Å². The van der Waals surface area contributed by atoms with Crippen molar-refractivity contribution in [2.24, 2.45) is 0 Å². The molecule has 3 rings (SSSR count). The van der Waals surface area contributed by atoms with E-state index in [1.165, 1.54) is 19.3 Å². The van der Waals surface area contributed by atoms with Crippen LogP contribution >= 0.6 is 0 Å². The molecule has 0 radical (unpaired) electrons. The number of esters is 1. The van der Waals surface area contributed by atoms with Gasteiger partial charge >= 0.3 is 5.97 Å². The van der Waals surface area contributed by atoms with Crippen molar-refractivity contribution in [3.8, 4) is 0 Å².